The van der Waals surface area contributed by atoms with Crippen LogP contribution in [0.3, 0.4) is 0 Å². The third kappa shape index (κ3) is 6.31. The number of unbranched alkanes of at least 4 members (excludes halogenated alkanes) is 3. The number of ketones is 1. The predicted molar refractivity (Wildman–Crippen MR) is 107 cm³/mol. The van der Waals surface area contributed by atoms with Crippen LogP contribution in [-0.2, 0) is 19.1 Å². The molecule has 0 aromatic carbocycles. The van der Waals surface area contributed by atoms with E-state index in [9.17, 15) is 9.59 Å². The van der Waals surface area contributed by atoms with Crippen molar-refractivity contribution in [2.24, 2.45) is 17.3 Å². The van der Waals surface area contributed by atoms with E-state index >= 15 is 0 Å². The number of ether oxygens (including phenoxy) is 2. The summed E-state index contributed by atoms with van der Waals surface area (Å²) < 4.78 is 10.6. The second-order valence-electron chi connectivity index (χ2n) is 8.35. The summed E-state index contributed by atoms with van der Waals surface area (Å²) in [6, 6.07) is 0. The van der Waals surface area contributed by atoms with E-state index in [1.165, 1.54) is 7.11 Å². The minimum atomic E-state index is -0.144. The minimum Gasteiger partial charge on any atom is -0.469 e. The first-order valence-corrected chi connectivity index (χ1v) is 10.5. The van der Waals surface area contributed by atoms with Crippen molar-refractivity contribution in [3.8, 4) is 0 Å². The van der Waals surface area contributed by atoms with E-state index in [-0.39, 0.29) is 23.3 Å². The summed E-state index contributed by atoms with van der Waals surface area (Å²) in [5.74, 6) is 0.954. The average molecular weight is 377 g/mol. The van der Waals surface area contributed by atoms with Crippen LogP contribution >= 0.6 is 0 Å². The van der Waals surface area contributed by atoms with Crippen molar-refractivity contribution in [3.63, 3.8) is 0 Å². The van der Waals surface area contributed by atoms with E-state index in [1.807, 2.05) is 0 Å². The summed E-state index contributed by atoms with van der Waals surface area (Å²) in [6.45, 7) is 5.30. The summed E-state index contributed by atoms with van der Waals surface area (Å²) in [6.07, 6.45) is 16.8. The molecule has 0 unspecified atom stereocenters. The van der Waals surface area contributed by atoms with Gasteiger partial charge in [0.25, 0.3) is 0 Å². The highest BCUT2D eigenvalue weighted by molar-refractivity contribution is 5.89. The van der Waals surface area contributed by atoms with E-state index in [0.717, 1.165) is 51.6 Å². The zero-order valence-electron chi connectivity index (χ0n) is 17.2. The Hall–Kier alpha value is -1.42. The van der Waals surface area contributed by atoms with Crippen molar-refractivity contribution in [2.75, 3.05) is 13.7 Å². The van der Waals surface area contributed by atoms with E-state index in [0.29, 0.717) is 24.7 Å². The number of rotatable bonds is 12. The van der Waals surface area contributed by atoms with Gasteiger partial charge in [0.15, 0.2) is 5.78 Å². The maximum absolute atomic E-state index is 12.1. The lowest BCUT2D eigenvalue weighted by Crippen LogP contribution is -2.33. The second-order valence-corrected chi connectivity index (χ2v) is 8.35. The molecule has 1 saturated heterocycles. The molecular weight excluding hydrogens is 340 g/mol. The van der Waals surface area contributed by atoms with E-state index < -0.39 is 0 Å². The topological polar surface area (TPSA) is 52.6 Å². The Morgan fingerprint density at radius 1 is 1.19 bits per heavy atom. The fourth-order valence-electron chi connectivity index (χ4n) is 4.48. The van der Waals surface area contributed by atoms with Crippen molar-refractivity contribution in [1.29, 1.82) is 0 Å². The summed E-state index contributed by atoms with van der Waals surface area (Å²) in [5, 5.41) is 0. The molecule has 2 rings (SSSR count). The molecule has 0 N–H and O–H groups in total. The largest absolute Gasteiger partial charge is 0.469 e. The van der Waals surface area contributed by atoms with Crippen molar-refractivity contribution in [3.05, 3.63) is 24.3 Å². The van der Waals surface area contributed by atoms with Crippen molar-refractivity contribution in [2.45, 2.75) is 77.7 Å². The quantitative estimate of drug-likeness (QED) is 0.208. The Balaban J connectivity index is 1.84. The van der Waals surface area contributed by atoms with Gasteiger partial charge in [-0.2, -0.15) is 0 Å². The van der Waals surface area contributed by atoms with Crippen LogP contribution in [0.1, 0.15) is 71.6 Å². The van der Waals surface area contributed by atoms with Gasteiger partial charge in [-0.05, 0) is 49.5 Å². The van der Waals surface area contributed by atoms with Crippen molar-refractivity contribution in [1.82, 2.24) is 0 Å². The summed E-state index contributed by atoms with van der Waals surface area (Å²) in [5.41, 5.74) is 0.210. The van der Waals surface area contributed by atoms with Gasteiger partial charge in [-0.3, -0.25) is 9.59 Å². The van der Waals surface area contributed by atoms with Gasteiger partial charge in [0, 0.05) is 18.8 Å². The number of hydrogen-bond acceptors (Lipinski definition) is 4. The molecule has 2 fully saturated rings. The Labute approximate surface area is 164 Å². The molecule has 2 aliphatic rings. The molecule has 0 aromatic rings. The number of hydrogen-bond donors (Lipinski definition) is 0. The fourth-order valence-corrected chi connectivity index (χ4v) is 4.48. The Morgan fingerprint density at radius 3 is 2.74 bits per heavy atom. The molecule has 0 amide bonds. The first kappa shape index (κ1) is 21.9. The predicted octanol–water partition coefficient (Wildman–Crippen LogP) is 5.02. The van der Waals surface area contributed by atoms with Crippen LogP contribution in [0.25, 0.3) is 0 Å². The van der Waals surface area contributed by atoms with Gasteiger partial charge in [-0.25, -0.2) is 0 Å². The molecule has 1 aliphatic heterocycles. The molecule has 27 heavy (non-hydrogen) atoms. The van der Waals surface area contributed by atoms with Crippen LogP contribution in [0.2, 0.25) is 0 Å². The standard InChI is InChI=1S/C23H36O4/c1-4-5-8-11-18(24)14-15-19-20(23(2)16-21(19)27-17-23)12-9-6-7-10-13-22(25)26-3/h6,9,14-15,19-21H,4-5,7-8,10-13,16-17H2,1-3H3/b9-6-,15-14+/t19-,20-,21-,23-/m1/s1. The van der Waals surface area contributed by atoms with Crippen molar-refractivity contribution < 1.29 is 19.1 Å². The number of fused-ring (bicyclic) bond motifs is 2. The summed E-state index contributed by atoms with van der Waals surface area (Å²) in [7, 11) is 1.43. The Kier molecular flexibility index (Phi) is 8.75. The number of allylic oxidation sites excluding steroid dienone is 3. The number of carbonyl (C=O) groups is 2. The van der Waals surface area contributed by atoms with Crippen LogP contribution in [0.15, 0.2) is 24.3 Å². The molecule has 4 nitrogen and oxygen atoms in total. The molecule has 1 heterocycles. The lowest BCUT2D eigenvalue weighted by molar-refractivity contribution is -0.140. The fraction of sp³-hybridized carbons (Fsp3) is 0.739. The second kappa shape index (κ2) is 10.8. The summed E-state index contributed by atoms with van der Waals surface area (Å²) in [4.78, 5) is 23.2. The Bertz CT molecular complexity index is 551. The third-order valence-corrected chi connectivity index (χ3v) is 6.15. The maximum atomic E-state index is 12.1. The molecule has 152 valence electrons. The van der Waals surface area contributed by atoms with Crippen LogP contribution in [-0.4, -0.2) is 31.6 Å². The highest BCUT2D eigenvalue weighted by Crippen LogP contribution is 2.55. The molecule has 4 atom stereocenters. The Morgan fingerprint density at radius 2 is 2.00 bits per heavy atom. The molecule has 0 spiro atoms. The first-order chi connectivity index (χ1) is 13.0. The lowest BCUT2D eigenvalue weighted by Gasteiger charge is -2.35. The highest BCUT2D eigenvalue weighted by atomic mass is 16.5. The number of carbonyl (C=O) groups excluding carboxylic acids is 2. The molecule has 1 saturated carbocycles. The van der Waals surface area contributed by atoms with Gasteiger partial charge in [-0.1, -0.05) is 44.9 Å². The van der Waals surface area contributed by atoms with Crippen LogP contribution in [0.5, 0.6) is 0 Å². The minimum absolute atomic E-state index is 0.144. The van der Waals surface area contributed by atoms with E-state index in [1.54, 1.807) is 6.08 Å². The van der Waals surface area contributed by atoms with Crippen LogP contribution < -0.4 is 0 Å². The zero-order valence-corrected chi connectivity index (χ0v) is 17.2. The van der Waals surface area contributed by atoms with Gasteiger partial charge in [0.2, 0.25) is 0 Å². The first-order valence-electron chi connectivity index (χ1n) is 10.5. The van der Waals surface area contributed by atoms with Crippen LogP contribution in [0, 0.1) is 17.3 Å². The highest BCUT2D eigenvalue weighted by Gasteiger charge is 2.54. The van der Waals surface area contributed by atoms with E-state index in [4.69, 9.17) is 4.74 Å². The third-order valence-electron chi connectivity index (χ3n) is 6.15. The summed E-state index contributed by atoms with van der Waals surface area (Å²) >= 11 is 0. The molecular formula is C23H36O4. The molecule has 4 heteroatoms. The zero-order chi connectivity index (χ0) is 19.7. The van der Waals surface area contributed by atoms with Gasteiger partial charge >= 0.3 is 5.97 Å². The lowest BCUT2D eigenvalue weighted by atomic mass is 9.75. The number of esters is 1. The van der Waals surface area contributed by atoms with Crippen molar-refractivity contribution >= 4 is 11.8 Å². The van der Waals surface area contributed by atoms with Gasteiger partial charge in [0.05, 0.1) is 19.8 Å². The molecule has 0 aromatic heterocycles. The van der Waals surface area contributed by atoms with Gasteiger partial charge in [-0.15, -0.1) is 0 Å². The normalized spacial score (nSPS) is 29.8. The van der Waals surface area contributed by atoms with Gasteiger partial charge < -0.3 is 9.47 Å². The maximum Gasteiger partial charge on any atom is 0.305 e. The molecule has 2 bridgehead atoms. The smallest absolute Gasteiger partial charge is 0.305 e. The van der Waals surface area contributed by atoms with Crippen LogP contribution in [0.4, 0.5) is 0 Å². The monoisotopic (exact) mass is 376 g/mol. The average Bonchev–Trinajstić information content (AvgIpc) is 3.16. The number of methoxy groups -OCH3 is 1. The molecule has 1 aliphatic carbocycles. The SMILES string of the molecule is CCCCCC(=O)/C=C/[C@@H]1[C@@H](C/C=C\CCCC(=O)OC)[C@@]2(C)CO[C@@H]1C2. The van der Waals surface area contributed by atoms with Gasteiger partial charge in [0.1, 0.15) is 0 Å². The van der Waals surface area contributed by atoms with E-state index in [2.05, 4.69) is 36.8 Å². The molecule has 0 radical (unpaired) electrons.